The third-order valence-electron chi connectivity index (χ3n) is 3.38. The van der Waals surface area contributed by atoms with Gasteiger partial charge >= 0.3 is 0 Å². The molecule has 0 spiro atoms. The van der Waals surface area contributed by atoms with E-state index >= 15 is 0 Å². The van der Waals surface area contributed by atoms with Crippen LogP contribution >= 0.6 is 11.6 Å². The van der Waals surface area contributed by atoms with E-state index in [0.717, 1.165) is 5.56 Å². The van der Waals surface area contributed by atoms with Crippen molar-refractivity contribution >= 4 is 23.3 Å². The minimum absolute atomic E-state index is 0.125. The molecule has 1 aromatic carbocycles. The third-order valence-corrected chi connectivity index (χ3v) is 3.65. The number of benzene rings is 1. The van der Waals surface area contributed by atoms with E-state index in [2.05, 4.69) is 20.8 Å². The zero-order valence-corrected chi connectivity index (χ0v) is 13.8. The van der Waals surface area contributed by atoms with E-state index in [9.17, 15) is 4.79 Å². The number of carbonyl (C=O) groups is 1. The lowest BCUT2D eigenvalue weighted by molar-refractivity contribution is -0.131. The summed E-state index contributed by atoms with van der Waals surface area (Å²) in [5.41, 5.74) is 3.47. The summed E-state index contributed by atoms with van der Waals surface area (Å²) in [6.07, 6.45) is 2.05. The smallest absolute Gasteiger partial charge is 0.255 e. The van der Waals surface area contributed by atoms with E-state index in [1.807, 2.05) is 44.2 Å². The number of halogens is 1. The molecule has 0 aliphatic heterocycles. The second kappa shape index (κ2) is 8.33. The van der Waals surface area contributed by atoms with Gasteiger partial charge in [-0.15, -0.1) is 0 Å². The molecule has 2 rings (SSSR count). The van der Waals surface area contributed by atoms with E-state index in [0.29, 0.717) is 18.8 Å². The number of anilines is 1. The first-order valence-corrected chi connectivity index (χ1v) is 7.74. The van der Waals surface area contributed by atoms with Crippen molar-refractivity contribution in [2.75, 3.05) is 5.32 Å². The van der Waals surface area contributed by atoms with Crippen LogP contribution in [0.4, 0.5) is 5.82 Å². The van der Waals surface area contributed by atoms with Crippen molar-refractivity contribution in [3.05, 3.63) is 47.4 Å². The van der Waals surface area contributed by atoms with Crippen LogP contribution in [0.25, 0.3) is 0 Å². The molecule has 0 fully saturated rings. The van der Waals surface area contributed by atoms with Crippen LogP contribution in [0.2, 0.25) is 5.15 Å². The van der Waals surface area contributed by atoms with Crippen LogP contribution in [0, 0.1) is 5.92 Å². The van der Waals surface area contributed by atoms with Gasteiger partial charge in [-0.25, -0.2) is 9.97 Å². The minimum Gasteiger partial charge on any atom is -0.372 e. The van der Waals surface area contributed by atoms with E-state index in [1.54, 1.807) is 0 Å². The number of nitrogens with zero attached hydrogens (tertiary/aromatic N) is 2. The van der Waals surface area contributed by atoms with Crippen LogP contribution in [0.1, 0.15) is 25.8 Å². The zero-order chi connectivity index (χ0) is 16.7. The molecule has 7 heteroatoms. The number of hydrogen-bond acceptors (Lipinski definition) is 5. The lowest BCUT2D eigenvalue weighted by Crippen LogP contribution is -2.32. The molecule has 2 N–H and O–H groups in total. The molecule has 1 aromatic heterocycles. The molecule has 1 atom stereocenters. The molecule has 122 valence electrons. The van der Waals surface area contributed by atoms with Gasteiger partial charge < -0.3 is 10.2 Å². The Balaban J connectivity index is 2.05. The molecule has 0 saturated carbocycles. The second-order valence-electron chi connectivity index (χ2n) is 5.06. The number of amides is 1. The summed E-state index contributed by atoms with van der Waals surface area (Å²) >= 11 is 6.04. The molecule has 1 heterocycles. The summed E-state index contributed by atoms with van der Waals surface area (Å²) in [4.78, 5) is 25.1. The first-order valence-electron chi connectivity index (χ1n) is 7.36. The van der Waals surface area contributed by atoms with E-state index in [-0.39, 0.29) is 22.7 Å². The highest BCUT2D eigenvalue weighted by Crippen LogP contribution is 2.28. The highest BCUT2D eigenvalue weighted by Gasteiger charge is 2.16. The van der Waals surface area contributed by atoms with Crippen molar-refractivity contribution in [2.45, 2.75) is 26.8 Å². The van der Waals surface area contributed by atoms with Crippen molar-refractivity contribution in [3.8, 4) is 5.75 Å². The predicted octanol–water partition coefficient (Wildman–Crippen LogP) is 3.20. The Morgan fingerprint density at radius 1 is 1.30 bits per heavy atom. The van der Waals surface area contributed by atoms with Gasteiger partial charge in [0.15, 0.2) is 11.0 Å². The summed E-state index contributed by atoms with van der Waals surface area (Å²) in [6.45, 7) is 4.29. The number of rotatable bonds is 7. The first-order chi connectivity index (χ1) is 11.1. The predicted molar refractivity (Wildman–Crippen MR) is 89.0 cm³/mol. The molecule has 0 aliphatic rings. The Bertz CT molecular complexity index is 652. The largest absolute Gasteiger partial charge is 0.372 e. The maximum atomic E-state index is 11.8. The van der Waals surface area contributed by atoms with Crippen molar-refractivity contribution < 1.29 is 9.63 Å². The van der Waals surface area contributed by atoms with Gasteiger partial charge in [0, 0.05) is 12.5 Å². The summed E-state index contributed by atoms with van der Waals surface area (Å²) in [7, 11) is 0. The fraction of sp³-hybridized carbons (Fsp3) is 0.312. The van der Waals surface area contributed by atoms with Gasteiger partial charge in [0.25, 0.3) is 5.91 Å². The standard InChI is InChI=1S/C16H19ClN4O2/c1-3-11(2)16(22)21-23-13-14(17)19-10-20-15(13)18-9-12-7-5-4-6-8-12/h4-8,10-11H,3,9H2,1-2H3,(H,21,22)(H,18,19,20). The molecule has 6 nitrogen and oxygen atoms in total. The molecule has 0 bridgehead atoms. The molecular formula is C16H19ClN4O2. The van der Waals surface area contributed by atoms with Crippen LogP contribution < -0.4 is 15.6 Å². The van der Waals surface area contributed by atoms with Crippen LogP contribution in [0.5, 0.6) is 5.75 Å². The van der Waals surface area contributed by atoms with Crippen LogP contribution in [0.15, 0.2) is 36.7 Å². The van der Waals surface area contributed by atoms with Crippen LogP contribution in [-0.2, 0) is 11.3 Å². The molecule has 1 amide bonds. The monoisotopic (exact) mass is 334 g/mol. The van der Waals surface area contributed by atoms with Crippen molar-refractivity contribution in [2.24, 2.45) is 5.92 Å². The van der Waals surface area contributed by atoms with E-state index in [4.69, 9.17) is 16.4 Å². The lowest BCUT2D eigenvalue weighted by Gasteiger charge is -2.14. The highest BCUT2D eigenvalue weighted by molar-refractivity contribution is 6.31. The Labute approximate surface area is 140 Å². The number of carbonyl (C=O) groups excluding carboxylic acids is 1. The van der Waals surface area contributed by atoms with Gasteiger partial charge in [-0.3, -0.25) is 4.79 Å². The number of hydroxylamine groups is 1. The maximum Gasteiger partial charge on any atom is 0.255 e. The SMILES string of the molecule is CCC(C)C(=O)NOc1c(Cl)ncnc1NCc1ccccc1. The van der Waals surface area contributed by atoms with Crippen LogP contribution in [0.3, 0.4) is 0 Å². The van der Waals surface area contributed by atoms with E-state index < -0.39 is 0 Å². The number of nitrogens with one attached hydrogen (secondary N) is 2. The molecule has 0 radical (unpaired) electrons. The Kier molecular flexibility index (Phi) is 6.17. The Morgan fingerprint density at radius 2 is 2.04 bits per heavy atom. The highest BCUT2D eigenvalue weighted by atomic mass is 35.5. The van der Waals surface area contributed by atoms with Crippen molar-refractivity contribution in [1.29, 1.82) is 0 Å². The quantitative estimate of drug-likeness (QED) is 0.600. The first kappa shape index (κ1) is 17.0. The fourth-order valence-electron chi connectivity index (χ4n) is 1.74. The molecule has 0 saturated heterocycles. The number of aromatic nitrogens is 2. The summed E-state index contributed by atoms with van der Waals surface area (Å²) in [5.74, 6) is 0.237. The van der Waals surface area contributed by atoms with Crippen molar-refractivity contribution in [1.82, 2.24) is 15.4 Å². The minimum atomic E-state index is -0.221. The van der Waals surface area contributed by atoms with Crippen LogP contribution in [-0.4, -0.2) is 15.9 Å². The fourth-order valence-corrected chi connectivity index (χ4v) is 1.91. The summed E-state index contributed by atoms with van der Waals surface area (Å²) in [5, 5.41) is 3.25. The normalized spacial score (nSPS) is 11.6. The van der Waals surface area contributed by atoms with Gasteiger partial charge in [0.2, 0.25) is 5.75 Å². The number of hydrogen-bond donors (Lipinski definition) is 2. The van der Waals surface area contributed by atoms with Crippen molar-refractivity contribution in [3.63, 3.8) is 0 Å². The Hall–Kier alpha value is -2.34. The molecular weight excluding hydrogens is 316 g/mol. The van der Waals surface area contributed by atoms with E-state index in [1.165, 1.54) is 6.33 Å². The molecule has 23 heavy (non-hydrogen) atoms. The summed E-state index contributed by atoms with van der Waals surface area (Å²) in [6, 6.07) is 9.83. The van der Waals surface area contributed by atoms with Gasteiger partial charge in [-0.1, -0.05) is 55.8 Å². The lowest BCUT2D eigenvalue weighted by atomic mass is 10.1. The second-order valence-corrected chi connectivity index (χ2v) is 5.42. The zero-order valence-electron chi connectivity index (χ0n) is 13.0. The van der Waals surface area contributed by atoms with Gasteiger partial charge in [-0.2, -0.15) is 5.48 Å². The average Bonchev–Trinajstić information content (AvgIpc) is 2.59. The van der Waals surface area contributed by atoms with Gasteiger partial charge in [0.1, 0.15) is 6.33 Å². The topological polar surface area (TPSA) is 76.1 Å². The molecule has 1 unspecified atom stereocenters. The third kappa shape index (κ3) is 4.82. The Morgan fingerprint density at radius 3 is 2.74 bits per heavy atom. The average molecular weight is 335 g/mol. The summed E-state index contributed by atoms with van der Waals surface area (Å²) < 4.78 is 0. The van der Waals surface area contributed by atoms with Gasteiger partial charge in [-0.05, 0) is 12.0 Å². The molecule has 2 aromatic rings. The molecule has 0 aliphatic carbocycles. The van der Waals surface area contributed by atoms with Gasteiger partial charge in [0.05, 0.1) is 0 Å². The maximum absolute atomic E-state index is 11.8.